The Morgan fingerprint density at radius 3 is 3.00 bits per heavy atom. The number of unbranched alkanes of at least 4 members (excludes halogenated alkanes) is 1. The van der Waals surface area contributed by atoms with Gasteiger partial charge in [-0.05, 0) is 38.5 Å². The van der Waals surface area contributed by atoms with E-state index in [0.29, 0.717) is 0 Å². The minimum absolute atomic E-state index is 0.934. The monoisotopic (exact) mass is 152 g/mol. The maximum Gasteiger partial charge on any atom is -0.0206 e. The van der Waals surface area contributed by atoms with Crippen LogP contribution in [0.1, 0.15) is 52.4 Å². The van der Waals surface area contributed by atoms with Gasteiger partial charge in [0.15, 0.2) is 0 Å². The molecule has 1 rings (SSSR count). The first kappa shape index (κ1) is 8.83. The summed E-state index contributed by atoms with van der Waals surface area (Å²) in [5.74, 6) is 0.934. The number of allylic oxidation sites excluding steroid dienone is 2. The van der Waals surface area contributed by atoms with E-state index >= 15 is 0 Å². The quantitative estimate of drug-likeness (QED) is 0.538. The molecule has 0 radical (unpaired) electrons. The maximum atomic E-state index is 2.43. The van der Waals surface area contributed by atoms with Crippen molar-refractivity contribution in [3.63, 3.8) is 0 Å². The van der Waals surface area contributed by atoms with Crippen LogP contribution in [0, 0.1) is 5.92 Å². The third-order valence-electron chi connectivity index (χ3n) is 2.77. The van der Waals surface area contributed by atoms with Gasteiger partial charge in [-0.15, -0.1) is 0 Å². The van der Waals surface area contributed by atoms with Crippen LogP contribution in [0.3, 0.4) is 0 Å². The molecule has 0 nitrogen and oxygen atoms in total. The largest absolute Gasteiger partial charge is 0.0853 e. The fourth-order valence-electron chi connectivity index (χ4n) is 1.91. The minimum atomic E-state index is 0.934. The molecule has 0 aliphatic heterocycles. The standard InChI is InChI=1S/C11H20/c1-3-4-8-11-9-6-5-7-10(11)2/h7,11H,3-6,8-9H2,1-2H3. The molecule has 0 aromatic heterocycles. The van der Waals surface area contributed by atoms with Gasteiger partial charge in [0, 0.05) is 0 Å². The summed E-state index contributed by atoms with van der Waals surface area (Å²) in [6.45, 7) is 4.58. The highest BCUT2D eigenvalue weighted by Crippen LogP contribution is 2.28. The zero-order chi connectivity index (χ0) is 8.10. The first-order chi connectivity index (χ1) is 5.34. The van der Waals surface area contributed by atoms with Crippen LogP contribution in [0.4, 0.5) is 0 Å². The van der Waals surface area contributed by atoms with E-state index in [4.69, 9.17) is 0 Å². The molecule has 0 fully saturated rings. The maximum absolute atomic E-state index is 2.43. The van der Waals surface area contributed by atoms with Crippen LogP contribution in [-0.4, -0.2) is 0 Å². The number of rotatable bonds is 3. The van der Waals surface area contributed by atoms with Gasteiger partial charge in [0.25, 0.3) is 0 Å². The Hall–Kier alpha value is -0.260. The second-order valence-electron chi connectivity index (χ2n) is 3.72. The summed E-state index contributed by atoms with van der Waals surface area (Å²) < 4.78 is 0. The lowest BCUT2D eigenvalue weighted by Crippen LogP contribution is -2.05. The van der Waals surface area contributed by atoms with Crippen LogP contribution in [0.15, 0.2) is 11.6 Å². The SMILES string of the molecule is CCCCC1CCCC=C1C. The molecule has 1 aliphatic carbocycles. The minimum Gasteiger partial charge on any atom is -0.0853 e. The third-order valence-corrected chi connectivity index (χ3v) is 2.77. The van der Waals surface area contributed by atoms with E-state index in [-0.39, 0.29) is 0 Å². The second kappa shape index (κ2) is 4.58. The summed E-state index contributed by atoms with van der Waals surface area (Å²) in [7, 11) is 0. The average Bonchev–Trinajstić information content (AvgIpc) is 2.03. The Morgan fingerprint density at radius 1 is 1.55 bits per heavy atom. The number of hydrogen-bond donors (Lipinski definition) is 0. The second-order valence-corrected chi connectivity index (χ2v) is 3.72. The van der Waals surface area contributed by atoms with Crippen LogP contribution in [0.5, 0.6) is 0 Å². The van der Waals surface area contributed by atoms with Crippen LogP contribution in [0.2, 0.25) is 0 Å². The van der Waals surface area contributed by atoms with Crippen molar-refractivity contribution in [2.45, 2.75) is 52.4 Å². The summed E-state index contributed by atoms with van der Waals surface area (Å²) in [5.41, 5.74) is 1.66. The highest BCUT2D eigenvalue weighted by Gasteiger charge is 2.12. The number of hydrogen-bond acceptors (Lipinski definition) is 0. The molecule has 0 amide bonds. The molecule has 1 aliphatic rings. The van der Waals surface area contributed by atoms with Gasteiger partial charge >= 0.3 is 0 Å². The lowest BCUT2D eigenvalue weighted by Gasteiger charge is -2.21. The van der Waals surface area contributed by atoms with Crippen molar-refractivity contribution in [2.24, 2.45) is 5.92 Å². The molecule has 64 valence electrons. The lowest BCUT2D eigenvalue weighted by molar-refractivity contribution is 0.461. The Bertz CT molecular complexity index is 133. The topological polar surface area (TPSA) is 0 Å². The molecular weight excluding hydrogens is 132 g/mol. The Labute approximate surface area is 70.7 Å². The van der Waals surface area contributed by atoms with Crippen molar-refractivity contribution in [2.75, 3.05) is 0 Å². The Balaban J connectivity index is 2.31. The molecule has 0 bridgehead atoms. The molecule has 11 heavy (non-hydrogen) atoms. The van der Waals surface area contributed by atoms with Crippen LogP contribution >= 0.6 is 0 Å². The smallest absolute Gasteiger partial charge is 0.0206 e. The van der Waals surface area contributed by atoms with Gasteiger partial charge in [-0.3, -0.25) is 0 Å². The van der Waals surface area contributed by atoms with E-state index in [2.05, 4.69) is 19.9 Å². The zero-order valence-electron chi connectivity index (χ0n) is 7.90. The van der Waals surface area contributed by atoms with Crippen LogP contribution < -0.4 is 0 Å². The summed E-state index contributed by atoms with van der Waals surface area (Å²) in [5, 5.41) is 0. The summed E-state index contributed by atoms with van der Waals surface area (Å²) in [6.07, 6.45) is 10.8. The Morgan fingerprint density at radius 2 is 2.36 bits per heavy atom. The van der Waals surface area contributed by atoms with Gasteiger partial charge in [0.05, 0.1) is 0 Å². The molecule has 1 unspecified atom stereocenters. The summed E-state index contributed by atoms with van der Waals surface area (Å²) in [4.78, 5) is 0. The van der Waals surface area contributed by atoms with Crippen LogP contribution in [0.25, 0.3) is 0 Å². The first-order valence-corrected chi connectivity index (χ1v) is 5.01. The summed E-state index contributed by atoms with van der Waals surface area (Å²) in [6, 6.07) is 0. The average molecular weight is 152 g/mol. The normalized spacial score (nSPS) is 24.9. The molecule has 0 N–H and O–H groups in total. The van der Waals surface area contributed by atoms with Gasteiger partial charge in [-0.2, -0.15) is 0 Å². The van der Waals surface area contributed by atoms with Gasteiger partial charge in [0.2, 0.25) is 0 Å². The van der Waals surface area contributed by atoms with E-state index < -0.39 is 0 Å². The molecule has 0 heteroatoms. The summed E-state index contributed by atoms with van der Waals surface area (Å²) >= 11 is 0. The van der Waals surface area contributed by atoms with Crippen molar-refractivity contribution in [1.29, 1.82) is 0 Å². The predicted molar refractivity (Wildman–Crippen MR) is 50.6 cm³/mol. The highest BCUT2D eigenvalue weighted by atomic mass is 14.2. The van der Waals surface area contributed by atoms with Crippen LogP contribution in [-0.2, 0) is 0 Å². The molecular formula is C11H20. The molecule has 0 saturated carbocycles. The van der Waals surface area contributed by atoms with Gasteiger partial charge < -0.3 is 0 Å². The molecule has 1 atom stereocenters. The van der Waals surface area contributed by atoms with E-state index in [1.165, 1.54) is 38.5 Å². The van der Waals surface area contributed by atoms with Gasteiger partial charge in [-0.1, -0.05) is 31.4 Å². The van der Waals surface area contributed by atoms with Crippen molar-refractivity contribution >= 4 is 0 Å². The van der Waals surface area contributed by atoms with Crippen molar-refractivity contribution in [3.8, 4) is 0 Å². The van der Waals surface area contributed by atoms with Crippen molar-refractivity contribution < 1.29 is 0 Å². The highest BCUT2D eigenvalue weighted by molar-refractivity contribution is 5.06. The first-order valence-electron chi connectivity index (χ1n) is 5.01. The molecule has 0 aromatic rings. The fourth-order valence-corrected chi connectivity index (χ4v) is 1.91. The fraction of sp³-hybridized carbons (Fsp3) is 0.818. The molecule has 0 spiro atoms. The molecule has 0 saturated heterocycles. The van der Waals surface area contributed by atoms with E-state index in [9.17, 15) is 0 Å². The molecule has 0 heterocycles. The van der Waals surface area contributed by atoms with E-state index in [1.54, 1.807) is 5.57 Å². The lowest BCUT2D eigenvalue weighted by atomic mass is 9.85. The van der Waals surface area contributed by atoms with E-state index in [0.717, 1.165) is 5.92 Å². The van der Waals surface area contributed by atoms with Gasteiger partial charge in [0.1, 0.15) is 0 Å². The van der Waals surface area contributed by atoms with Crippen molar-refractivity contribution in [1.82, 2.24) is 0 Å². The van der Waals surface area contributed by atoms with E-state index in [1.807, 2.05) is 0 Å². The predicted octanol–water partition coefficient (Wildman–Crippen LogP) is 3.92. The third kappa shape index (κ3) is 2.69. The molecule has 0 aromatic carbocycles. The van der Waals surface area contributed by atoms with Crippen molar-refractivity contribution in [3.05, 3.63) is 11.6 Å². The van der Waals surface area contributed by atoms with Gasteiger partial charge in [-0.25, -0.2) is 0 Å². The zero-order valence-corrected chi connectivity index (χ0v) is 7.90. The Kier molecular flexibility index (Phi) is 3.68.